The minimum atomic E-state index is -1.37. The molecule has 2 aromatic carbocycles. The second kappa shape index (κ2) is 9.97. The quantitative estimate of drug-likeness (QED) is 0.335. The fraction of sp³-hybridized carbons (Fsp3) is 0.179. The van der Waals surface area contributed by atoms with Gasteiger partial charge < -0.3 is 10.8 Å². The van der Waals surface area contributed by atoms with Crippen LogP contribution in [0, 0.1) is 18.6 Å². The Hall–Kier alpha value is -4.73. The van der Waals surface area contributed by atoms with E-state index in [1.54, 1.807) is 31.3 Å². The number of pyridine rings is 1. The number of carboxylic acid groups (broad SMARTS) is 1. The van der Waals surface area contributed by atoms with Gasteiger partial charge in [-0.1, -0.05) is 32.9 Å². The lowest BCUT2D eigenvalue weighted by molar-refractivity contribution is 0.0697. The highest BCUT2D eigenvalue weighted by molar-refractivity contribution is 6.01. The van der Waals surface area contributed by atoms with E-state index in [0.29, 0.717) is 34.4 Å². The number of carboxylic acids is 1. The number of carbonyl (C=O) groups excluding carboxylic acids is 1. The summed E-state index contributed by atoms with van der Waals surface area (Å²) in [6.45, 7) is 7.75. The number of nitrogens with two attached hydrogens (primary N) is 1. The average Bonchev–Trinajstić information content (AvgIpc) is 2.84. The number of primary amides is 1. The second-order valence-electron chi connectivity index (χ2n) is 9.69. The molecule has 4 rings (SSSR count). The molecule has 0 aliphatic rings. The summed E-state index contributed by atoms with van der Waals surface area (Å²) >= 11 is 0. The van der Waals surface area contributed by atoms with Crippen molar-refractivity contribution >= 4 is 23.5 Å². The largest absolute Gasteiger partial charge is 0.478 e. The summed E-state index contributed by atoms with van der Waals surface area (Å²) in [6.07, 6.45) is 1.66. The lowest BCUT2D eigenvalue weighted by atomic mass is 9.95. The van der Waals surface area contributed by atoms with Gasteiger partial charge in [0, 0.05) is 28.8 Å². The van der Waals surface area contributed by atoms with Gasteiger partial charge >= 0.3 is 12.0 Å². The molecule has 0 saturated carbocycles. The number of nitrogens with zero attached hydrogens (tertiary/aromatic N) is 4. The Morgan fingerprint density at radius 1 is 0.974 bits per heavy atom. The summed E-state index contributed by atoms with van der Waals surface area (Å²) in [7, 11) is 0. The van der Waals surface area contributed by atoms with Crippen LogP contribution in [-0.4, -0.2) is 32.1 Å². The molecule has 2 aromatic heterocycles. The highest BCUT2D eigenvalue weighted by Crippen LogP contribution is 2.34. The van der Waals surface area contributed by atoms with E-state index in [4.69, 9.17) is 5.73 Å². The number of anilines is 2. The van der Waals surface area contributed by atoms with E-state index in [0.717, 1.165) is 17.0 Å². The molecule has 38 heavy (non-hydrogen) atoms. The number of aromatic nitrogens is 3. The van der Waals surface area contributed by atoms with Gasteiger partial charge in [0.25, 0.3) is 0 Å². The van der Waals surface area contributed by atoms with Crippen LogP contribution in [0.2, 0.25) is 0 Å². The summed E-state index contributed by atoms with van der Waals surface area (Å²) in [5.74, 6) is -2.60. The number of hydrogen-bond donors (Lipinski definition) is 2. The summed E-state index contributed by atoms with van der Waals surface area (Å²) in [5.41, 5.74) is 6.95. The topological polar surface area (TPSA) is 122 Å². The maximum absolute atomic E-state index is 14.6. The molecule has 2 heterocycles. The molecule has 3 N–H and O–H groups in total. The van der Waals surface area contributed by atoms with Crippen LogP contribution in [-0.2, 0) is 5.41 Å². The number of urea groups is 1. The first-order valence-corrected chi connectivity index (χ1v) is 11.6. The molecule has 0 aliphatic carbocycles. The minimum absolute atomic E-state index is 0.0421. The number of hydrogen-bond acceptors (Lipinski definition) is 5. The first-order valence-electron chi connectivity index (χ1n) is 11.6. The van der Waals surface area contributed by atoms with Crippen molar-refractivity contribution in [3.8, 4) is 22.5 Å². The lowest BCUT2D eigenvalue weighted by Crippen LogP contribution is -2.33. The molecule has 0 fully saturated rings. The molecule has 2 amide bonds. The van der Waals surface area contributed by atoms with Crippen LogP contribution >= 0.6 is 0 Å². The monoisotopic (exact) mass is 517 g/mol. The second-order valence-corrected chi connectivity index (χ2v) is 9.69. The van der Waals surface area contributed by atoms with E-state index >= 15 is 0 Å². The molecule has 8 nitrogen and oxygen atoms in total. The van der Waals surface area contributed by atoms with Crippen molar-refractivity contribution in [3.63, 3.8) is 0 Å². The first-order chi connectivity index (χ1) is 17.9. The number of rotatable bonds is 5. The van der Waals surface area contributed by atoms with E-state index in [2.05, 4.69) is 15.0 Å². The molecule has 0 radical (unpaired) electrons. The van der Waals surface area contributed by atoms with Crippen LogP contribution in [0.1, 0.15) is 42.5 Å². The number of aromatic carboxylic acids is 1. The molecule has 0 unspecified atom stereocenters. The maximum atomic E-state index is 14.6. The van der Waals surface area contributed by atoms with Crippen molar-refractivity contribution in [2.24, 2.45) is 5.73 Å². The van der Waals surface area contributed by atoms with Crippen LogP contribution in [0.5, 0.6) is 0 Å². The fourth-order valence-electron chi connectivity index (χ4n) is 3.88. The lowest BCUT2D eigenvalue weighted by Gasteiger charge is -2.23. The van der Waals surface area contributed by atoms with Crippen molar-refractivity contribution in [2.45, 2.75) is 33.1 Å². The van der Waals surface area contributed by atoms with E-state index in [9.17, 15) is 23.5 Å². The van der Waals surface area contributed by atoms with Crippen molar-refractivity contribution in [1.29, 1.82) is 0 Å². The van der Waals surface area contributed by atoms with Crippen molar-refractivity contribution in [2.75, 3.05) is 4.90 Å². The van der Waals surface area contributed by atoms with Crippen LogP contribution in [0.3, 0.4) is 0 Å². The van der Waals surface area contributed by atoms with Gasteiger partial charge in [0.1, 0.15) is 23.3 Å². The smallest absolute Gasteiger partial charge is 0.337 e. The minimum Gasteiger partial charge on any atom is -0.478 e. The summed E-state index contributed by atoms with van der Waals surface area (Å²) in [6, 6.07) is 11.4. The Morgan fingerprint density at radius 2 is 1.71 bits per heavy atom. The highest BCUT2D eigenvalue weighted by Gasteiger charge is 2.24. The molecule has 0 spiro atoms. The van der Waals surface area contributed by atoms with Crippen LogP contribution in [0.25, 0.3) is 22.5 Å². The normalized spacial score (nSPS) is 11.3. The van der Waals surface area contributed by atoms with E-state index in [1.165, 1.54) is 12.1 Å². The van der Waals surface area contributed by atoms with Gasteiger partial charge in [-0.2, -0.15) is 0 Å². The molecule has 0 saturated heterocycles. The van der Waals surface area contributed by atoms with Crippen LogP contribution in [0.15, 0.2) is 60.8 Å². The average molecular weight is 518 g/mol. The molecular formula is C28H25F2N5O3. The van der Waals surface area contributed by atoms with Crippen molar-refractivity contribution < 1.29 is 23.5 Å². The van der Waals surface area contributed by atoms with Crippen molar-refractivity contribution in [1.82, 2.24) is 15.0 Å². The first kappa shape index (κ1) is 26.3. The zero-order valence-electron chi connectivity index (χ0n) is 21.2. The molecule has 10 heteroatoms. The Bertz CT molecular complexity index is 1570. The summed E-state index contributed by atoms with van der Waals surface area (Å²) in [4.78, 5) is 39.0. The van der Waals surface area contributed by atoms with Gasteiger partial charge in [-0.25, -0.2) is 38.2 Å². The Kier molecular flexibility index (Phi) is 6.91. The van der Waals surface area contributed by atoms with E-state index < -0.39 is 23.6 Å². The predicted molar refractivity (Wildman–Crippen MR) is 139 cm³/mol. The van der Waals surface area contributed by atoms with Gasteiger partial charge in [-0.3, -0.25) is 0 Å². The Morgan fingerprint density at radius 3 is 2.34 bits per heavy atom. The van der Waals surface area contributed by atoms with E-state index in [1.807, 2.05) is 26.8 Å². The number of amides is 2. The van der Waals surface area contributed by atoms with Gasteiger partial charge in [0.05, 0.1) is 22.6 Å². The Balaban J connectivity index is 1.88. The molecule has 4 aromatic rings. The molecule has 194 valence electrons. The zero-order chi connectivity index (χ0) is 27.8. The van der Waals surface area contributed by atoms with Crippen molar-refractivity contribution in [3.05, 3.63) is 89.4 Å². The number of halogens is 2. The van der Waals surface area contributed by atoms with Gasteiger partial charge in [0.15, 0.2) is 0 Å². The predicted octanol–water partition coefficient (Wildman–Crippen LogP) is 6.00. The standard InChI is InChI=1S/C28H25F2N5O3/c1-15-5-6-16(21-11-12-32-26(33-21)28(2,3)4)13-22(15)35(27(31)38)23-10-9-19(25(36)37)24(34-23)18-8-7-17(29)14-20(18)30/h5-14H,1-4H3,(H2,31,38)(H,36,37). The molecule has 0 bridgehead atoms. The number of carbonyl (C=O) groups is 2. The maximum Gasteiger partial charge on any atom is 0.337 e. The molecular weight excluding hydrogens is 492 g/mol. The Labute approximate surface area is 217 Å². The number of benzene rings is 2. The third kappa shape index (κ3) is 5.19. The third-order valence-corrected chi connectivity index (χ3v) is 5.82. The summed E-state index contributed by atoms with van der Waals surface area (Å²) in [5, 5.41) is 9.66. The SMILES string of the molecule is Cc1ccc(-c2ccnc(C(C)(C)C)n2)cc1N(C(N)=O)c1ccc(C(=O)O)c(-c2ccc(F)cc2F)n1. The fourth-order valence-corrected chi connectivity index (χ4v) is 3.88. The van der Waals surface area contributed by atoms with Crippen LogP contribution in [0.4, 0.5) is 25.1 Å². The zero-order valence-corrected chi connectivity index (χ0v) is 21.2. The molecule has 0 atom stereocenters. The van der Waals surface area contributed by atoms with E-state index in [-0.39, 0.29) is 28.1 Å². The summed E-state index contributed by atoms with van der Waals surface area (Å²) < 4.78 is 28.1. The highest BCUT2D eigenvalue weighted by atomic mass is 19.1. The van der Waals surface area contributed by atoms with Gasteiger partial charge in [-0.15, -0.1) is 0 Å². The van der Waals surface area contributed by atoms with Crippen LogP contribution < -0.4 is 10.6 Å². The van der Waals surface area contributed by atoms with Gasteiger partial charge in [-0.05, 0) is 48.9 Å². The molecule has 0 aliphatic heterocycles. The number of aryl methyl sites for hydroxylation is 1. The third-order valence-electron chi connectivity index (χ3n) is 5.82. The van der Waals surface area contributed by atoms with Gasteiger partial charge in [0.2, 0.25) is 0 Å².